The lowest BCUT2D eigenvalue weighted by molar-refractivity contribution is 0.0954. The van der Waals surface area contributed by atoms with Gasteiger partial charge in [0.05, 0.1) is 26.5 Å². The van der Waals surface area contributed by atoms with Crippen LogP contribution in [-0.4, -0.2) is 39.1 Å². The molecule has 30 heavy (non-hydrogen) atoms. The summed E-state index contributed by atoms with van der Waals surface area (Å²) < 4.78 is 22.1. The Hall–Kier alpha value is -3.48. The van der Waals surface area contributed by atoms with Crippen molar-refractivity contribution in [1.29, 1.82) is 0 Å². The summed E-state index contributed by atoms with van der Waals surface area (Å²) in [6.45, 7) is 9.01. The molecule has 0 heterocycles. The zero-order valence-electron chi connectivity index (χ0n) is 17.6. The maximum Gasteiger partial charge on any atom is 0.271 e. The third-order valence-electron chi connectivity index (χ3n) is 3.89. The van der Waals surface area contributed by atoms with Gasteiger partial charge in [-0.25, -0.2) is 5.43 Å². The van der Waals surface area contributed by atoms with Crippen LogP contribution in [-0.2, 0) is 0 Å². The Morgan fingerprint density at radius 2 is 1.80 bits per heavy atom. The third-order valence-corrected chi connectivity index (χ3v) is 3.89. The van der Waals surface area contributed by atoms with Crippen molar-refractivity contribution in [3.8, 4) is 23.0 Å². The molecule has 7 nitrogen and oxygen atoms in total. The van der Waals surface area contributed by atoms with E-state index in [9.17, 15) is 4.79 Å². The third kappa shape index (κ3) is 6.55. The lowest BCUT2D eigenvalue weighted by Crippen LogP contribution is -2.17. The molecule has 0 saturated carbocycles. The van der Waals surface area contributed by atoms with E-state index in [0.717, 1.165) is 12.0 Å². The molecule has 0 bridgehead atoms. The van der Waals surface area contributed by atoms with E-state index in [2.05, 4.69) is 17.1 Å². The van der Waals surface area contributed by atoms with Crippen LogP contribution in [0.1, 0.15) is 36.2 Å². The summed E-state index contributed by atoms with van der Waals surface area (Å²) in [5, 5.41) is 4.03. The number of carbonyl (C=O) groups is 1. The van der Waals surface area contributed by atoms with Crippen molar-refractivity contribution in [3.05, 3.63) is 60.2 Å². The normalized spacial score (nSPS) is 10.5. The standard InChI is InChI=1S/C23H28N2O5/c1-5-12-29-19-11-9-18(15-21(19)27-4)23(26)25-24-16-17-8-10-20(30-13-6-2)22(14-17)28-7-3/h6,8-11,14-16H,2,5,7,12-13H2,1,3-4H3,(H,25,26)/b24-16+. The van der Waals surface area contributed by atoms with E-state index in [1.807, 2.05) is 19.9 Å². The fourth-order valence-electron chi connectivity index (χ4n) is 2.51. The summed E-state index contributed by atoms with van der Waals surface area (Å²) in [6.07, 6.45) is 4.08. The smallest absolute Gasteiger partial charge is 0.271 e. The van der Waals surface area contributed by atoms with Crippen molar-refractivity contribution in [2.45, 2.75) is 20.3 Å². The van der Waals surface area contributed by atoms with Crippen molar-refractivity contribution in [2.24, 2.45) is 5.10 Å². The van der Waals surface area contributed by atoms with Gasteiger partial charge in [-0.05, 0) is 55.3 Å². The average Bonchev–Trinajstić information content (AvgIpc) is 2.77. The number of hydrogen-bond donors (Lipinski definition) is 1. The second kappa shape index (κ2) is 12.2. The van der Waals surface area contributed by atoms with Crippen LogP contribution < -0.4 is 24.4 Å². The molecule has 0 atom stereocenters. The van der Waals surface area contributed by atoms with Crippen LogP contribution in [0.2, 0.25) is 0 Å². The van der Waals surface area contributed by atoms with E-state index in [1.165, 1.54) is 13.3 Å². The molecule has 7 heteroatoms. The first-order valence-corrected chi connectivity index (χ1v) is 9.77. The molecule has 1 N–H and O–H groups in total. The van der Waals surface area contributed by atoms with Gasteiger partial charge in [0.25, 0.3) is 5.91 Å². The molecule has 0 aliphatic heterocycles. The zero-order valence-corrected chi connectivity index (χ0v) is 17.6. The second-order valence-corrected chi connectivity index (χ2v) is 6.15. The molecular weight excluding hydrogens is 384 g/mol. The Morgan fingerprint density at radius 3 is 2.50 bits per heavy atom. The summed E-state index contributed by atoms with van der Waals surface area (Å²) in [7, 11) is 1.53. The summed E-state index contributed by atoms with van der Waals surface area (Å²) in [5.41, 5.74) is 3.68. The van der Waals surface area contributed by atoms with Crippen molar-refractivity contribution >= 4 is 12.1 Å². The monoisotopic (exact) mass is 412 g/mol. The molecule has 0 aliphatic carbocycles. The minimum absolute atomic E-state index is 0.359. The van der Waals surface area contributed by atoms with Crippen LogP contribution >= 0.6 is 0 Å². The van der Waals surface area contributed by atoms with Gasteiger partial charge in [0.15, 0.2) is 23.0 Å². The molecule has 2 aromatic rings. The summed E-state index contributed by atoms with van der Waals surface area (Å²) in [5.74, 6) is 1.96. The van der Waals surface area contributed by atoms with E-state index >= 15 is 0 Å². The van der Waals surface area contributed by atoms with E-state index in [-0.39, 0.29) is 5.91 Å². The first-order valence-electron chi connectivity index (χ1n) is 9.77. The van der Waals surface area contributed by atoms with Gasteiger partial charge >= 0.3 is 0 Å². The molecule has 0 aromatic heterocycles. The predicted molar refractivity (Wildman–Crippen MR) is 117 cm³/mol. The Kier molecular flexibility index (Phi) is 9.24. The summed E-state index contributed by atoms with van der Waals surface area (Å²) in [4.78, 5) is 12.4. The van der Waals surface area contributed by atoms with Crippen LogP contribution in [0.5, 0.6) is 23.0 Å². The van der Waals surface area contributed by atoms with E-state index < -0.39 is 0 Å². The van der Waals surface area contributed by atoms with E-state index in [1.54, 1.807) is 36.4 Å². The molecule has 0 saturated heterocycles. The van der Waals surface area contributed by atoms with Gasteiger partial charge in [0.2, 0.25) is 0 Å². The van der Waals surface area contributed by atoms with Crippen LogP contribution in [0, 0.1) is 0 Å². The molecule has 0 spiro atoms. The Bertz CT molecular complexity index is 880. The predicted octanol–water partition coefficient (Wildman–Crippen LogP) is 4.21. The van der Waals surface area contributed by atoms with Gasteiger partial charge in [0.1, 0.15) is 6.61 Å². The van der Waals surface area contributed by atoms with Gasteiger partial charge in [-0.1, -0.05) is 19.6 Å². The maximum absolute atomic E-state index is 12.4. The SMILES string of the molecule is C=CCOc1ccc(/C=N/NC(=O)c2ccc(OCCC)c(OC)c2)cc1OCC. The first kappa shape index (κ1) is 22.8. The second-order valence-electron chi connectivity index (χ2n) is 6.15. The average molecular weight is 412 g/mol. The molecule has 0 aliphatic rings. The number of methoxy groups -OCH3 is 1. The summed E-state index contributed by atoms with van der Waals surface area (Å²) in [6, 6.07) is 10.4. The molecular formula is C23H28N2O5. The van der Waals surface area contributed by atoms with Gasteiger partial charge < -0.3 is 18.9 Å². The first-order chi connectivity index (χ1) is 14.6. The molecule has 0 fully saturated rings. The van der Waals surface area contributed by atoms with Crippen molar-refractivity contribution in [3.63, 3.8) is 0 Å². The topological polar surface area (TPSA) is 78.4 Å². The lowest BCUT2D eigenvalue weighted by atomic mass is 10.2. The van der Waals surface area contributed by atoms with E-state index in [0.29, 0.717) is 48.4 Å². The van der Waals surface area contributed by atoms with Crippen molar-refractivity contribution in [1.82, 2.24) is 5.43 Å². The number of carbonyl (C=O) groups excluding carboxylic acids is 1. The van der Waals surface area contributed by atoms with Gasteiger partial charge in [-0.3, -0.25) is 4.79 Å². The number of ether oxygens (including phenoxy) is 4. The highest BCUT2D eigenvalue weighted by atomic mass is 16.5. The Balaban J connectivity index is 2.06. The molecule has 160 valence electrons. The summed E-state index contributed by atoms with van der Waals surface area (Å²) >= 11 is 0. The van der Waals surface area contributed by atoms with Gasteiger partial charge in [0, 0.05) is 5.56 Å². The van der Waals surface area contributed by atoms with Crippen molar-refractivity contribution < 1.29 is 23.7 Å². The highest BCUT2D eigenvalue weighted by Crippen LogP contribution is 2.29. The van der Waals surface area contributed by atoms with Crippen molar-refractivity contribution in [2.75, 3.05) is 26.9 Å². The molecule has 0 unspecified atom stereocenters. The number of hydrazone groups is 1. The van der Waals surface area contributed by atoms with Crippen LogP contribution in [0.25, 0.3) is 0 Å². The number of nitrogens with zero attached hydrogens (tertiary/aromatic N) is 1. The zero-order chi connectivity index (χ0) is 21.8. The number of hydrogen-bond acceptors (Lipinski definition) is 6. The number of nitrogens with one attached hydrogen (secondary N) is 1. The lowest BCUT2D eigenvalue weighted by Gasteiger charge is -2.11. The fraction of sp³-hybridized carbons (Fsp3) is 0.304. The Labute approximate surface area is 177 Å². The molecule has 2 aromatic carbocycles. The molecule has 0 radical (unpaired) electrons. The number of amides is 1. The quantitative estimate of drug-likeness (QED) is 0.321. The number of rotatable bonds is 12. The highest BCUT2D eigenvalue weighted by molar-refractivity contribution is 5.95. The minimum Gasteiger partial charge on any atom is -0.493 e. The van der Waals surface area contributed by atoms with Gasteiger partial charge in [-0.2, -0.15) is 5.10 Å². The molecule has 2 rings (SSSR count). The van der Waals surface area contributed by atoms with Gasteiger partial charge in [-0.15, -0.1) is 0 Å². The minimum atomic E-state index is -0.359. The number of benzene rings is 2. The van der Waals surface area contributed by atoms with Crippen LogP contribution in [0.15, 0.2) is 54.2 Å². The largest absolute Gasteiger partial charge is 0.493 e. The van der Waals surface area contributed by atoms with E-state index in [4.69, 9.17) is 18.9 Å². The maximum atomic E-state index is 12.4. The van der Waals surface area contributed by atoms with Crippen LogP contribution in [0.3, 0.4) is 0 Å². The molecule has 1 amide bonds. The highest BCUT2D eigenvalue weighted by Gasteiger charge is 2.11. The fourth-order valence-corrected chi connectivity index (χ4v) is 2.51. The Morgan fingerprint density at radius 1 is 1.03 bits per heavy atom. The van der Waals surface area contributed by atoms with Crippen LogP contribution in [0.4, 0.5) is 0 Å².